The summed E-state index contributed by atoms with van der Waals surface area (Å²) in [5.74, 6) is -0.251. The summed E-state index contributed by atoms with van der Waals surface area (Å²) in [5.41, 5.74) is 0.919. The van der Waals surface area contributed by atoms with Gasteiger partial charge in [-0.05, 0) is 43.2 Å². The van der Waals surface area contributed by atoms with Gasteiger partial charge in [0.05, 0.1) is 5.02 Å². The summed E-state index contributed by atoms with van der Waals surface area (Å²) in [4.78, 5) is 16.6. The molecule has 1 aliphatic rings. The van der Waals surface area contributed by atoms with Crippen molar-refractivity contribution >= 4 is 39.1 Å². The molecule has 2 aromatic rings. The lowest BCUT2D eigenvalue weighted by molar-refractivity contribution is -0.126. The molecule has 0 radical (unpaired) electrons. The maximum absolute atomic E-state index is 12.8. The molecule has 150 valence electrons. The Hall–Kier alpha value is -1.67. The average molecular weight is 442 g/mol. The van der Waals surface area contributed by atoms with Gasteiger partial charge >= 0.3 is 0 Å². The predicted octanol–water partition coefficient (Wildman–Crippen LogP) is 3.15. The molecular formula is C19H21Cl2N3O3S. The Kier molecular flexibility index (Phi) is 6.93. The van der Waals surface area contributed by atoms with E-state index < -0.39 is 10.0 Å². The number of hydrogen-bond donors (Lipinski definition) is 1. The molecule has 6 nitrogen and oxygen atoms in total. The van der Waals surface area contributed by atoms with Crippen LogP contribution in [0.4, 0.5) is 0 Å². The summed E-state index contributed by atoms with van der Waals surface area (Å²) in [6.07, 6.45) is 3.31. The maximum Gasteiger partial charge on any atom is 0.244 e. The number of sulfonamides is 1. The van der Waals surface area contributed by atoms with Crippen LogP contribution in [0, 0.1) is 5.92 Å². The third-order valence-electron chi connectivity index (χ3n) is 4.74. The van der Waals surface area contributed by atoms with Gasteiger partial charge < -0.3 is 5.32 Å². The largest absolute Gasteiger partial charge is 0.355 e. The third kappa shape index (κ3) is 5.03. The molecule has 1 fully saturated rings. The van der Waals surface area contributed by atoms with Crippen LogP contribution >= 0.6 is 23.2 Å². The molecule has 0 spiro atoms. The highest BCUT2D eigenvalue weighted by atomic mass is 35.5. The first-order chi connectivity index (χ1) is 13.4. The van der Waals surface area contributed by atoms with E-state index >= 15 is 0 Å². The van der Waals surface area contributed by atoms with Crippen LogP contribution in [0.5, 0.6) is 0 Å². The van der Waals surface area contributed by atoms with Crippen molar-refractivity contribution in [3.63, 3.8) is 0 Å². The second-order valence-corrected chi connectivity index (χ2v) is 9.37. The third-order valence-corrected chi connectivity index (χ3v) is 7.36. The van der Waals surface area contributed by atoms with Gasteiger partial charge in [0.25, 0.3) is 0 Å². The van der Waals surface area contributed by atoms with Gasteiger partial charge in [-0.3, -0.25) is 9.78 Å². The Morgan fingerprint density at radius 1 is 1.18 bits per heavy atom. The fourth-order valence-corrected chi connectivity index (χ4v) is 5.38. The number of rotatable bonds is 6. The predicted molar refractivity (Wildman–Crippen MR) is 109 cm³/mol. The molecule has 1 aromatic heterocycles. The van der Waals surface area contributed by atoms with Crippen LogP contribution in [-0.4, -0.2) is 43.2 Å². The summed E-state index contributed by atoms with van der Waals surface area (Å²) in [7, 11) is -3.74. The molecule has 1 aromatic carbocycles. The number of piperidine rings is 1. The first-order valence-electron chi connectivity index (χ1n) is 9.01. The van der Waals surface area contributed by atoms with Crippen molar-refractivity contribution in [1.82, 2.24) is 14.6 Å². The zero-order valence-corrected chi connectivity index (χ0v) is 17.5. The highest BCUT2D eigenvalue weighted by Gasteiger charge is 2.33. The number of carbonyl (C=O) groups excluding carboxylic acids is 1. The molecule has 1 aliphatic heterocycles. The van der Waals surface area contributed by atoms with E-state index in [0.29, 0.717) is 30.8 Å². The summed E-state index contributed by atoms with van der Waals surface area (Å²) < 4.78 is 27.0. The standard InChI is InChI=1S/C19H21Cl2N3O3S/c20-15-4-5-17(21)18(13-15)28(26,27)24-11-7-14(8-12-24)19(25)23-10-6-16-3-1-2-9-22-16/h1-5,9,13-14H,6-8,10-12H2,(H,23,25). The molecule has 1 amide bonds. The fourth-order valence-electron chi connectivity index (χ4n) is 3.18. The minimum Gasteiger partial charge on any atom is -0.355 e. The van der Waals surface area contributed by atoms with E-state index in [1.54, 1.807) is 12.3 Å². The van der Waals surface area contributed by atoms with Crippen LogP contribution in [0.1, 0.15) is 18.5 Å². The lowest BCUT2D eigenvalue weighted by atomic mass is 9.97. The van der Waals surface area contributed by atoms with E-state index in [1.807, 2.05) is 18.2 Å². The molecule has 0 aliphatic carbocycles. The van der Waals surface area contributed by atoms with Crippen molar-refractivity contribution in [3.8, 4) is 0 Å². The smallest absolute Gasteiger partial charge is 0.244 e. The van der Waals surface area contributed by atoms with Crippen molar-refractivity contribution in [2.45, 2.75) is 24.2 Å². The first kappa shape index (κ1) is 21.0. The van der Waals surface area contributed by atoms with Crippen LogP contribution in [0.25, 0.3) is 0 Å². The van der Waals surface area contributed by atoms with Crippen molar-refractivity contribution in [2.24, 2.45) is 5.92 Å². The number of nitrogens with one attached hydrogen (secondary N) is 1. The average Bonchev–Trinajstić information content (AvgIpc) is 2.70. The first-order valence-corrected chi connectivity index (χ1v) is 11.2. The molecule has 3 rings (SSSR count). The van der Waals surface area contributed by atoms with E-state index in [0.717, 1.165) is 5.69 Å². The Balaban J connectivity index is 1.53. The number of benzene rings is 1. The van der Waals surface area contributed by atoms with Gasteiger partial charge in [-0.15, -0.1) is 0 Å². The van der Waals surface area contributed by atoms with Crippen LogP contribution in [0.2, 0.25) is 10.0 Å². The topological polar surface area (TPSA) is 79.4 Å². The molecule has 0 bridgehead atoms. The van der Waals surface area contributed by atoms with Crippen LogP contribution < -0.4 is 5.32 Å². The number of aromatic nitrogens is 1. The van der Waals surface area contributed by atoms with Crippen LogP contribution in [-0.2, 0) is 21.2 Å². The van der Waals surface area contributed by atoms with E-state index in [9.17, 15) is 13.2 Å². The second-order valence-electron chi connectivity index (χ2n) is 6.62. The Morgan fingerprint density at radius 2 is 1.93 bits per heavy atom. The summed E-state index contributed by atoms with van der Waals surface area (Å²) in [6, 6.07) is 10.0. The normalized spacial score (nSPS) is 16.1. The van der Waals surface area contributed by atoms with Gasteiger partial charge in [-0.1, -0.05) is 29.3 Å². The maximum atomic E-state index is 12.8. The lowest BCUT2D eigenvalue weighted by Crippen LogP contribution is -2.43. The Morgan fingerprint density at radius 3 is 2.61 bits per heavy atom. The SMILES string of the molecule is O=C(NCCc1ccccn1)C1CCN(S(=O)(=O)c2cc(Cl)ccc2Cl)CC1. The quantitative estimate of drug-likeness (QED) is 0.746. The number of hydrogen-bond acceptors (Lipinski definition) is 4. The van der Waals surface area contributed by atoms with Gasteiger partial charge in [-0.25, -0.2) is 8.42 Å². The number of amides is 1. The highest BCUT2D eigenvalue weighted by molar-refractivity contribution is 7.89. The number of carbonyl (C=O) groups is 1. The summed E-state index contributed by atoms with van der Waals surface area (Å²) in [5, 5.41) is 3.37. The molecule has 0 unspecified atom stereocenters. The minimum absolute atomic E-state index is 0.0000655. The van der Waals surface area contributed by atoms with Crippen LogP contribution in [0.3, 0.4) is 0 Å². The van der Waals surface area contributed by atoms with Gasteiger partial charge in [0.15, 0.2) is 0 Å². The Bertz CT molecular complexity index is 931. The van der Waals surface area contributed by atoms with Crippen molar-refractivity contribution in [1.29, 1.82) is 0 Å². The van der Waals surface area contributed by atoms with E-state index in [-0.39, 0.29) is 34.8 Å². The Labute approximate surface area is 174 Å². The molecule has 28 heavy (non-hydrogen) atoms. The van der Waals surface area contributed by atoms with Crippen molar-refractivity contribution in [2.75, 3.05) is 19.6 Å². The molecule has 9 heteroatoms. The van der Waals surface area contributed by atoms with Crippen molar-refractivity contribution in [3.05, 3.63) is 58.3 Å². The number of nitrogens with zero attached hydrogens (tertiary/aromatic N) is 2. The number of pyridine rings is 1. The van der Waals surface area contributed by atoms with E-state index in [4.69, 9.17) is 23.2 Å². The molecule has 0 saturated carbocycles. The summed E-state index contributed by atoms with van der Waals surface area (Å²) in [6.45, 7) is 1.04. The van der Waals surface area contributed by atoms with E-state index in [1.165, 1.54) is 16.4 Å². The second kappa shape index (κ2) is 9.22. The van der Waals surface area contributed by atoms with Gasteiger partial charge in [0.2, 0.25) is 15.9 Å². The lowest BCUT2D eigenvalue weighted by Gasteiger charge is -2.30. The zero-order chi connectivity index (χ0) is 20.1. The molecule has 2 heterocycles. The highest BCUT2D eigenvalue weighted by Crippen LogP contribution is 2.30. The fraction of sp³-hybridized carbons (Fsp3) is 0.368. The molecule has 1 saturated heterocycles. The van der Waals surface area contributed by atoms with Gasteiger partial charge in [0.1, 0.15) is 4.90 Å². The molecule has 0 atom stereocenters. The number of halogens is 2. The van der Waals surface area contributed by atoms with Crippen molar-refractivity contribution < 1.29 is 13.2 Å². The monoisotopic (exact) mass is 441 g/mol. The van der Waals surface area contributed by atoms with Crippen LogP contribution in [0.15, 0.2) is 47.5 Å². The van der Waals surface area contributed by atoms with Gasteiger partial charge in [0, 0.05) is 48.9 Å². The zero-order valence-electron chi connectivity index (χ0n) is 15.1. The van der Waals surface area contributed by atoms with E-state index in [2.05, 4.69) is 10.3 Å². The summed E-state index contributed by atoms with van der Waals surface area (Å²) >= 11 is 12.0. The molecule has 1 N–H and O–H groups in total. The van der Waals surface area contributed by atoms with Gasteiger partial charge in [-0.2, -0.15) is 4.31 Å². The molecular weight excluding hydrogens is 421 g/mol. The minimum atomic E-state index is -3.74.